The maximum atomic E-state index is 12.3. The number of hydrogen-bond acceptors (Lipinski definition) is 4. The Morgan fingerprint density at radius 3 is 2.23 bits per heavy atom. The number of carbonyl (C=O) groups excluding carboxylic acids is 1. The lowest BCUT2D eigenvalue weighted by Gasteiger charge is -2.32. The van der Waals surface area contributed by atoms with E-state index in [1.165, 1.54) is 0 Å². The molecule has 0 unspecified atom stereocenters. The molecule has 1 N–H and O–H groups in total. The third kappa shape index (κ3) is 6.24. The van der Waals surface area contributed by atoms with Crippen molar-refractivity contribution in [2.45, 2.75) is 64.2 Å². The zero-order valence-electron chi connectivity index (χ0n) is 14.7. The van der Waals surface area contributed by atoms with Crippen LogP contribution in [0, 0.1) is 5.41 Å². The second-order valence-corrected chi connectivity index (χ2v) is 10.1. The summed E-state index contributed by atoms with van der Waals surface area (Å²) in [5.74, 6) is -0.725. The Morgan fingerprint density at radius 1 is 1.23 bits per heavy atom. The lowest BCUT2D eigenvalue weighted by Crippen LogP contribution is -2.47. The highest BCUT2D eigenvalue weighted by molar-refractivity contribution is 7.92. The van der Waals surface area contributed by atoms with E-state index in [0.29, 0.717) is 12.8 Å². The van der Waals surface area contributed by atoms with Crippen LogP contribution in [0.25, 0.3) is 0 Å². The molecule has 0 aromatic heterocycles. The van der Waals surface area contributed by atoms with Gasteiger partial charge in [-0.25, -0.2) is 8.42 Å². The SMILES string of the molecule is CN(C)CC[C@@H](NC(=O)CS(=O)(=O)C1CCCC1)C(C)(C)C. The number of rotatable bonds is 7. The zero-order chi connectivity index (χ0) is 17.0. The Morgan fingerprint density at radius 2 is 1.77 bits per heavy atom. The minimum absolute atomic E-state index is 0.0267. The van der Waals surface area contributed by atoms with Gasteiger partial charge in [0.05, 0.1) is 5.25 Å². The van der Waals surface area contributed by atoms with Crippen molar-refractivity contribution in [3.05, 3.63) is 0 Å². The highest BCUT2D eigenvalue weighted by Crippen LogP contribution is 2.26. The summed E-state index contributed by atoms with van der Waals surface area (Å²) < 4.78 is 24.5. The molecule has 1 atom stereocenters. The number of amides is 1. The van der Waals surface area contributed by atoms with E-state index in [9.17, 15) is 13.2 Å². The lowest BCUT2D eigenvalue weighted by molar-refractivity contribution is -0.120. The van der Waals surface area contributed by atoms with Crippen LogP contribution in [-0.4, -0.2) is 56.9 Å². The predicted octanol–water partition coefficient (Wildman–Crippen LogP) is 1.83. The van der Waals surface area contributed by atoms with E-state index < -0.39 is 9.84 Å². The average molecular weight is 333 g/mol. The summed E-state index contributed by atoms with van der Waals surface area (Å²) in [7, 11) is 0.680. The summed E-state index contributed by atoms with van der Waals surface area (Å²) in [5.41, 5.74) is -0.0945. The van der Waals surface area contributed by atoms with E-state index in [-0.39, 0.29) is 28.4 Å². The predicted molar refractivity (Wildman–Crippen MR) is 90.6 cm³/mol. The van der Waals surface area contributed by atoms with Crippen molar-refractivity contribution in [2.75, 3.05) is 26.4 Å². The van der Waals surface area contributed by atoms with Crippen LogP contribution in [0.4, 0.5) is 0 Å². The molecule has 0 radical (unpaired) electrons. The Hall–Kier alpha value is -0.620. The molecular formula is C16H32N2O3S. The minimum Gasteiger partial charge on any atom is -0.352 e. The van der Waals surface area contributed by atoms with E-state index in [0.717, 1.165) is 25.8 Å². The van der Waals surface area contributed by atoms with Gasteiger partial charge >= 0.3 is 0 Å². The molecule has 0 spiro atoms. The monoisotopic (exact) mass is 332 g/mol. The van der Waals surface area contributed by atoms with Gasteiger partial charge in [-0.05, 0) is 45.3 Å². The standard InChI is InChI=1S/C16H32N2O3S/c1-16(2,3)14(10-11-18(4)5)17-15(19)12-22(20,21)13-8-6-7-9-13/h13-14H,6-12H2,1-5H3,(H,17,19)/t14-/m1/s1. The summed E-state index contributed by atoms with van der Waals surface area (Å²) >= 11 is 0. The number of carbonyl (C=O) groups is 1. The smallest absolute Gasteiger partial charge is 0.235 e. The summed E-state index contributed by atoms with van der Waals surface area (Å²) in [5, 5.41) is 2.64. The van der Waals surface area contributed by atoms with Crippen LogP contribution in [0.1, 0.15) is 52.9 Å². The van der Waals surface area contributed by atoms with Gasteiger partial charge in [-0.1, -0.05) is 33.6 Å². The van der Waals surface area contributed by atoms with Crippen molar-refractivity contribution in [2.24, 2.45) is 5.41 Å². The molecule has 5 nitrogen and oxygen atoms in total. The molecule has 0 bridgehead atoms. The van der Waals surface area contributed by atoms with Crippen LogP contribution < -0.4 is 5.32 Å². The number of sulfone groups is 1. The second kappa shape index (κ2) is 7.77. The van der Waals surface area contributed by atoms with Gasteiger partial charge in [0.2, 0.25) is 5.91 Å². The first kappa shape index (κ1) is 19.4. The Bertz CT molecular complexity index is 460. The van der Waals surface area contributed by atoms with Crippen molar-refractivity contribution in [3.63, 3.8) is 0 Å². The van der Waals surface area contributed by atoms with Gasteiger partial charge in [0.15, 0.2) is 9.84 Å². The molecule has 1 rings (SSSR count). The molecule has 1 aliphatic rings. The first-order valence-electron chi connectivity index (χ1n) is 8.18. The quantitative estimate of drug-likeness (QED) is 0.772. The van der Waals surface area contributed by atoms with Crippen LogP contribution in [0.15, 0.2) is 0 Å². The fraction of sp³-hybridized carbons (Fsp3) is 0.938. The largest absolute Gasteiger partial charge is 0.352 e. The normalized spacial score (nSPS) is 18.6. The van der Waals surface area contributed by atoms with Crippen molar-refractivity contribution >= 4 is 15.7 Å². The van der Waals surface area contributed by atoms with Crippen molar-refractivity contribution in [1.82, 2.24) is 10.2 Å². The molecule has 0 aliphatic heterocycles. The Labute approximate surface area is 135 Å². The second-order valence-electron chi connectivity index (χ2n) is 7.79. The third-order valence-corrected chi connectivity index (χ3v) is 6.54. The van der Waals surface area contributed by atoms with E-state index in [1.807, 2.05) is 14.1 Å². The van der Waals surface area contributed by atoms with Gasteiger partial charge in [-0.15, -0.1) is 0 Å². The highest BCUT2D eigenvalue weighted by atomic mass is 32.2. The molecule has 0 aromatic rings. The van der Waals surface area contributed by atoms with Crippen LogP contribution >= 0.6 is 0 Å². The molecule has 1 amide bonds. The number of hydrogen-bond donors (Lipinski definition) is 1. The molecule has 22 heavy (non-hydrogen) atoms. The van der Waals surface area contributed by atoms with Crippen molar-refractivity contribution < 1.29 is 13.2 Å². The Balaban J connectivity index is 2.62. The molecule has 130 valence electrons. The van der Waals surface area contributed by atoms with Crippen LogP contribution in [0.3, 0.4) is 0 Å². The van der Waals surface area contributed by atoms with E-state index in [2.05, 4.69) is 31.0 Å². The van der Waals surface area contributed by atoms with E-state index >= 15 is 0 Å². The molecule has 0 aromatic carbocycles. The molecule has 6 heteroatoms. The van der Waals surface area contributed by atoms with Gasteiger partial charge in [0.1, 0.15) is 5.75 Å². The average Bonchev–Trinajstić information content (AvgIpc) is 2.86. The first-order chi connectivity index (χ1) is 10.0. The van der Waals surface area contributed by atoms with Crippen molar-refractivity contribution in [3.8, 4) is 0 Å². The fourth-order valence-corrected chi connectivity index (χ4v) is 4.63. The number of nitrogens with zero attached hydrogens (tertiary/aromatic N) is 1. The molecule has 1 saturated carbocycles. The third-order valence-electron chi connectivity index (χ3n) is 4.39. The molecule has 0 heterocycles. The van der Waals surface area contributed by atoms with Crippen molar-refractivity contribution in [1.29, 1.82) is 0 Å². The summed E-state index contributed by atoms with van der Waals surface area (Å²) in [6, 6.07) is -0.0267. The maximum absolute atomic E-state index is 12.3. The number of nitrogens with one attached hydrogen (secondary N) is 1. The first-order valence-corrected chi connectivity index (χ1v) is 9.89. The molecule has 1 fully saturated rings. The van der Waals surface area contributed by atoms with Gasteiger partial charge in [-0.2, -0.15) is 0 Å². The molecule has 1 aliphatic carbocycles. The molecule has 0 saturated heterocycles. The fourth-order valence-electron chi connectivity index (χ4n) is 2.89. The van der Waals surface area contributed by atoms with Crippen LogP contribution in [0.2, 0.25) is 0 Å². The van der Waals surface area contributed by atoms with Gasteiger partial charge in [0, 0.05) is 6.04 Å². The minimum atomic E-state index is -3.30. The van der Waals surface area contributed by atoms with Crippen LogP contribution in [-0.2, 0) is 14.6 Å². The van der Waals surface area contributed by atoms with Gasteiger partial charge < -0.3 is 10.2 Å². The molecular weight excluding hydrogens is 300 g/mol. The topological polar surface area (TPSA) is 66.5 Å². The zero-order valence-corrected chi connectivity index (χ0v) is 15.5. The summed E-state index contributed by atoms with van der Waals surface area (Å²) in [4.78, 5) is 14.3. The maximum Gasteiger partial charge on any atom is 0.235 e. The van der Waals surface area contributed by atoms with Gasteiger partial charge in [-0.3, -0.25) is 4.79 Å². The summed E-state index contributed by atoms with van der Waals surface area (Å²) in [6.45, 7) is 7.06. The highest BCUT2D eigenvalue weighted by Gasteiger charge is 2.32. The summed E-state index contributed by atoms with van der Waals surface area (Å²) in [6.07, 6.45) is 4.14. The van der Waals surface area contributed by atoms with Gasteiger partial charge in [0.25, 0.3) is 0 Å². The van der Waals surface area contributed by atoms with E-state index in [4.69, 9.17) is 0 Å². The van der Waals surface area contributed by atoms with Crippen LogP contribution in [0.5, 0.6) is 0 Å². The van der Waals surface area contributed by atoms with E-state index in [1.54, 1.807) is 0 Å². The Kier molecular flexibility index (Phi) is 6.86. The lowest BCUT2D eigenvalue weighted by atomic mass is 9.84.